The molecule has 0 saturated carbocycles. The molecule has 1 fully saturated rings. The third-order valence-electron chi connectivity index (χ3n) is 5.04. The van der Waals surface area contributed by atoms with E-state index in [0.29, 0.717) is 18.4 Å². The summed E-state index contributed by atoms with van der Waals surface area (Å²) in [7, 11) is 1.45. The van der Waals surface area contributed by atoms with Crippen LogP contribution in [0.5, 0.6) is 0 Å². The number of hydrogen-bond acceptors (Lipinski definition) is 3. The maximum absolute atomic E-state index is 13.4. The molecular weight excluding hydrogens is 445 g/mol. The second kappa shape index (κ2) is 9.88. The molecule has 1 heterocycles. The average Bonchev–Trinajstić information content (AvgIpc) is 2.69. The van der Waals surface area contributed by atoms with E-state index in [2.05, 4.69) is 11.6 Å². The number of amides is 1. The normalized spacial score (nSPS) is 17.6. The highest BCUT2D eigenvalue weighted by Gasteiger charge is 2.60. The molecule has 0 radical (unpaired) electrons. The van der Waals surface area contributed by atoms with Gasteiger partial charge in [-0.05, 0) is 30.5 Å². The molecule has 1 aliphatic heterocycles. The molecule has 0 spiro atoms. The Morgan fingerprint density at radius 1 is 1.19 bits per heavy atom. The molecule has 1 amide bonds. The minimum absolute atomic E-state index is 0.125. The smallest absolute Gasteiger partial charge is 0.360 e. The lowest BCUT2D eigenvalue weighted by atomic mass is 10.0. The number of carbonyl (C=O) groups is 1. The molecule has 2 N–H and O–H groups in total. The van der Waals surface area contributed by atoms with E-state index in [1.165, 1.54) is 22.9 Å². The fourth-order valence-corrected chi connectivity index (χ4v) is 3.00. The highest BCUT2D eigenvalue weighted by Crippen LogP contribution is 2.41. The molecule has 0 unspecified atom stereocenters. The van der Waals surface area contributed by atoms with Crippen molar-refractivity contribution >= 4 is 11.7 Å². The van der Waals surface area contributed by atoms with Crippen molar-refractivity contribution in [3.63, 3.8) is 0 Å². The highest BCUT2D eigenvalue weighted by molar-refractivity contribution is 5.90. The van der Waals surface area contributed by atoms with Crippen molar-refractivity contribution in [3.05, 3.63) is 47.7 Å². The summed E-state index contributed by atoms with van der Waals surface area (Å²) in [5, 5.41) is 0. The number of carbonyl (C=O) groups excluding carboxylic acids is 1. The monoisotopic (exact) mass is 468 g/mol. The molecule has 12 heteroatoms. The largest absolute Gasteiger partial charge is 0.459 e. The Kier molecular flexibility index (Phi) is 7.92. The third kappa shape index (κ3) is 6.21. The van der Waals surface area contributed by atoms with E-state index in [9.17, 15) is 35.5 Å². The summed E-state index contributed by atoms with van der Waals surface area (Å²) < 4.78 is 90.6. The van der Waals surface area contributed by atoms with E-state index in [4.69, 9.17) is 5.73 Å². The van der Waals surface area contributed by atoms with Crippen molar-refractivity contribution in [1.82, 2.24) is 9.80 Å². The van der Waals surface area contributed by atoms with Gasteiger partial charge >= 0.3 is 12.1 Å². The number of allylic oxidation sites excluding steroid dienone is 1. The standard InChI is InChI=1S/C20H23F7N4O/c1-12(19(23,24)20(25,26)27)29-17-11-31(8-7-30(17)2)18(32)10-14(28)5-3-13-4-6-15(21)16(22)9-13/h4,6,9,14H,1,3,5,7-8,10-11,28H2,2H3/t14-/m1/s1. The van der Waals surface area contributed by atoms with Gasteiger partial charge in [0.1, 0.15) is 11.5 Å². The summed E-state index contributed by atoms with van der Waals surface area (Å²) in [6, 6.07) is 2.80. The predicted molar refractivity (Wildman–Crippen MR) is 104 cm³/mol. The fraction of sp³-hybridized carbons (Fsp3) is 0.500. The van der Waals surface area contributed by atoms with Crippen LogP contribution in [0.25, 0.3) is 0 Å². The van der Waals surface area contributed by atoms with Crippen LogP contribution in [0.4, 0.5) is 30.7 Å². The lowest BCUT2D eigenvalue weighted by Crippen LogP contribution is -2.52. The Hall–Kier alpha value is -2.63. The van der Waals surface area contributed by atoms with Crippen LogP contribution in [0, 0.1) is 11.6 Å². The second-order valence-corrected chi connectivity index (χ2v) is 7.54. The van der Waals surface area contributed by atoms with Crippen molar-refractivity contribution in [1.29, 1.82) is 0 Å². The molecule has 1 aromatic carbocycles. The van der Waals surface area contributed by atoms with E-state index in [-0.39, 0.29) is 31.9 Å². The first-order valence-corrected chi connectivity index (χ1v) is 9.62. The number of rotatable bonds is 7. The van der Waals surface area contributed by atoms with Crippen LogP contribution in [0.2, 0.25) is 0 Å². The zero-order chi connectivity index (χ0) is 24.3. The maximum atomic E-state index is 13.4. The van der Waals surface area contributed by atoms with Crippen LogP contribution < -0.4 is 5.73 Å². The summed E-state index contributed by atoms with van der Waals surface area (Å²) in [5.41, 5.74) is 4.79. The second-order valence-electron chi connectivity index (χ2n) is 7.54. The molecule has 178 valence electrons. The fourth-order valence-electron chi connectivity index (χ4n) is 3.00. The van der Waals surface area contributed by atoms with Crippen molar-refractivity contribution in [3.8, 4) is 0 Å². The molecule has 5 nitrogen and oxygen atoms in total. The molecular formula is C20H23F7N4O. The van der Waals surface area contributed by atoms with Gasteiger partial charge in [-0.25, -0.2) is 13.8 Å². The minimum atomic E-state index is -5.84. The van der Waals surface area contributed by atoms with Crippen LogP contribution in [-0.4, -0.2) is 66.4 Å². The van der Waals surface area contributed by atoms with E-state index >= 15 is 0 Å². The Morgan fingerprint density at radius 2 is 1.84 bits per heavy atom. The van der Waals surface area contributed by atoms with Gasteiger partial charge in [0.2, 0.25) is 5.91 Å². The highest BCUT2D eigenvalue weighted by atomic mass is 19.4. The maximum Gasteiger partial charge on any atom is 0.459 e. The van der Waals surface area contributed by atoms with Gasteiger partial charge in [0.15, 0.2) is 11.6 Å². The van der Waals surface area contributed by atoms with Crippen LogP contribution in [0.3, 0.4) is 0 Å². The van der Waals surface area contributed by atoms with Gasteiger partial charge in [-0.2, -0.15) is 22.0 Å². The zero-order valence-corrected chi connectivity index (χ0v) is 17.2. The average molecular weight is 468 g/mol. The molecule has 1 aliphatic rings. The Bertz CT molecular complexity index is 885. The van der Waals surface area contributed by atoms with E-state index < -0.39 is 41.4 Å². The molecule has 1 saturated heterocycles. The van der Waals surface area contributed by atoms with Gasteiger partial charge in [-0.3, -0.25) is 4.79 Å². The number of benzene rings is 1. The number of amidine groups is 1. The minimum Gasteiger partial charge on any atom is -0.360 e. The van der Waals surface area contributed by atoms with E-state index in [1.54, 1.807) is 0 Å². The van der Waals surface area contributed by atoms with Crippen molar-refractivity contribution in [2.75, 3.05) is 26.7 Å². The van der Waals surface area contributed by atoms with Gasteiger partial charge in [0.05, 0.1) is 6.54 Å². The van der Waals surface area contributed by atoms with Gasteiger partial charge in [0, 0.05) is 32.6 Å². The summed E-state index contributed by atoms with van der Waals surface area (Å²) in [6.45, 7) is 2.83. The van der Waals surface area contributed by atoms with Crippen LogP contribution in [-0.2, 0) is 11.2 Å². The lowest BCUT2D eigenvalue weighted by molar-refractivity contribution is -0.264. The van der Waals surface area contributed by atoms with E-state index in [1.807, 2.05) is 0 Å². The Morgan fingerprint density at radius 3 is 2.44 bits per heavy atom. The molecule has 0 aromatic heterocycles. The number of nitrogens with two attached hydrogens (primary N) is 1. The van der Waals surface area contributed by atoms with Crippen LogP contribution in [0.1, 0.15) is 18.4 Å². The molecule has 32 heavy (non-hydrogen) atoms. The number of aliphatic imine (C=N–C) groups is 1. The Balaban J connectivity index is 1.97. The summed E-state index contributed by atoms with van der Waals surface area (Å²) in [6.07, 6.45) is -5.37. The topological polar surface area (TPSA) is 61.9 Å². The van der Waals surface area contributed by atoms with Gasteiger partial charge in [-0.15, -0.1) is 0 Å². The number of piperazine rings is 1. The number of hydrogen-bond donors (Lipinski definition) is 1. The van der Waals surface area contributed by atoms with Gasteiger partial charge < -0.3 is 15.5 Å². The number of halogens is 7. The summed E-state index contributed by atoms with van der Waals surface area (Å²) in [5.74, 6) is -7.76. The molecule has 2 rings (SSSR count). The van der Waals surface area contributed by atoms with Crippen LogP contribution in [0.15, 0.2) is 35.5 Å². The van der Waals surface area contributed by atoms with Gasteiger partial charge in [-0.1, -0.05) is 12.6 Å². The summed E-state index contributed by atoms with van der Waals surface area (Å²) >= 11 is 0. The lowest BCUT2D eigenvalue weighted by Gasteiger charge is -2.35. The first kappa shape index (κ1) is 25.6. The Labute approximate surface area is 180 Å². The summed E-state index contributed by atoms with van der Waals surface area (Å²) in [4.78, 5) is 18.5. The van der Waals surface area contributed by atoms with E-state index in [0.717, 1.165) is 12.1 Å². The predicted octanol–water partition coefficient (Wildman–Crippen LogP) is 3.50. The SMILES string of the molecule is C=C(N=C1CN(C(=O)C[C@H](N)CCc2ccc(F)c(F)c2)CCN1C)C(F)(F)C(F)(F)F. The number of alkyl halides is 5. The third-order valence-corrected chi connectivity index (χ3v) is 5.04. The quantitative estimate of drug-likeness (QED) is 0.624. The number of aryl methyl sites for hydroxylation is 1. The molecule has 0 aliphatic carbocycles. The van der Waals surface area contributed by atoms with Gasteiger partial charge in [0.25, 0.3) is 0 Å². The molecule has 1 atom stereocenters. The first-order valence-electron chi connectivity index (χ1n) is 9.62. The zero-order valence-electron chi connectivity index (χ0n) is 17.2. The van der Waals surface area contributed by atoms with Crippen LogP contribution >= 0.6 is 0 Å². The molecule has 0 bridgehead atoms. The molecule has 1 aromatic rings. The number of likely N-dealkylation sites (N-methyl/N-ethyl adjacent to an activating group) is 1. The van der Waals surface area contributed by atoms with Crippen molar-refractivity contribution in [2.45, 2.75) is 37.4 Å². The van der Waals surface area contributed by atoms with Crippen molar-refractivity contribution < 1.29 is 35.5 Å². The van der Waals surface area contributed by atoms with Crippen molar-refractivity contribution in [2.24, 2.45) is 10.7 Å². The number of nitrogens with zero attached hydrogens (tertiary/aromatic N) is 3. The first-order chi connectivity index (χ1) is 14.7.